The summed E-state index contributed by atoms with van der Waals surface area (Å²) in [6.45, 7) is 8.02. The molecule has 6 heteroatoms. The average Bonchev–Trinajstić information content (AvgIpc) is 2.83. The lowest BCUT2D eigenvalue weighted by atomic mass is 10.4. The Kier molecular flexibility index (Phi) is 9.99. The molecule has 0 radical (unpaired) electrons. The summed E-state index contributed by atoms with van der Waals surface area (Å²) in [4.78, 5) is 13.0. The maximum atomic E-state index is 11.4. The molecular weight excluding hydrogens is 286 g/mol. The fourth-order valence-corrected chi connectivity index (χ4v) is 1.69. The third-order valence-corrected chi connectivity index (χ3v) is 2.79. The summed E-state index contributed by atoms with van der Waals surface area (Å²) in [6.07, 6.45) is 8.23. The van der Waals surface area contributed by atoms with Crippen molar-refractivity contribution in [3.8, 4) is 12.3 Å². The lowest BCUT2D eigenvalue weighted by Crippen LogP contribution is -2.28. The molecule has 0 atom stereocenters. The lowest BCUT2D eigenvalue weighted by Gasteiger charge is -2.16. The van der Waals surface area contributed by atoms with E-state index in [2.05, 4.69) is 12.5 Å². The van der Waals surface area contributed by atoms with Gasteiger partial charge in [0.15, 0.2) is 0 Å². The monoisotopic (exact) mass is 309 g/mol. The highest BCUT2D eigenvalue weighted by atomic mass is 16.6. The van der Waals surface area contributed by atoms with Crippen molar-refractivity contribution in [3.63, 3.8) is 0 Å². The van der Waals surface area contributed by atoms with Crippen molar-refractivity contribution in [2.24, 2.45) is 0 Å². The van der Waals surface area contributed by atoms with Gasteiger partial charge in [0.2, 0.25) is 0 Å². The van der Waals surface area contributed by atoms with Crippen LogP contribution in [0.3, 0.4) is 0 Å². The van der Waals surface area contributed by atoms with E-state index in [0.717, 1.165) is 0 Å². The topological polar surface area (TPSA) is 57.2 Å². The molecule has 1 aliphatic rings. The number of amides is 1. The van der Waals surface area contributed by atoms with Crippen molar-refractivity contribution in [2.75, 3.05) is 59.4 Å². The van der Waals surface area contributed by atoms with Crippen LogP contribution in [-0.4, -0.2) is 70.2 Å². The van der Waals surface area contributed by atoms with Crippen molar-refractivity contribution < 1.29 is 23.7 Å². The Morgan fingerprint density at radius 2 is 1.50 bits per heavy atom. The summed E-state index contributed by atoms with van der Waals surface area (Å²) in [5.74, 6) is 2.33. The second-order valence-corrected chi connectivity index (χ2v) is 4.41. The van der Waals surface area contributed by atoms with Crippen molar-refractivity contribution in [3.05, 3.63) is 24.4 Å². The second kappa shape index (κ2) is 12.0. The molecule has 22 heavy (non-hydrogen) atoms. The van der Waals surface area contributed by atoms with Gasteiger partial charge in [-0.05, 0) is 6.08 Å². The molecule has 0 bridgehead atoms. The number of ether oxygens (including phenoxy) is 4. The number of hydrogen-bond donors (Lipinski definition) is 0. The normalized spacial score (nSPS) is 13.9. The minimum atomic E-state index is -0.0479. The minimum absolute atomic E-state index is 0.0479. The molecule has 0 saturated heterocycles. The predicted molar refractivity (Wildman–Crippen MR) is 82.1 cm³/mol. The van der Waals surface area contributed by atoms with E-state index in [1.807, 2.05) is 0 Å². The van der Waals surface area contributed by atoms with Crippen molar-refractivity contribution in [1.29, 1.82) is 0 Å². The zero-order valence-corrected chi connectivity index (χ0v) is 12.8. The zero-order chi connectivity index (χ0) is 16.0. The molecule has 0 spiro atoms. The van der Waals surface area contributed by atoms with Gasteiger partial charge >= 0.3 is 0 Å². The van der Waals surface area contributed by atoms with Crippen LogP contribution in [0.2, 0.25) is 0 Å². The van der Waals surface area contributed by atoms with E-state index in [9.17, 15) is 4.79 Å². The number of terminal acetylenes is 1. The van der Waals surface area contributed by atoms with Gasteiger partial charge in [0.25, 0.3) is 5.91 Å². The van der Waals surface area contributed by atoms with Gasteiger partial charge in [-0.25, -0.2) is 0 Å². The van der Waals surface area contributed by atoms with E-state index in [4.69, 9.17) is 25.4 Å². The smallest absolute Gasteiger partial charge is 0.251 e. The molecule has 1 aliphatic heterocycles. The maximum Gasteiger partial charge on any atom is 0.251 e. The highest BCUT2D eigenvalue weighted by Crippen LogP contribution is 2.11. The quantitative estimate of drug-likeness (QED) is 0.368. The molecule has 0 aromatic carbocycles. The zero-order valence-electron chi connectivity index (χ0n) is 12.8. The molecule has 0 unspecified atom stereocenters. The van der Waals surface area contributed by atoms with Crippen LogP contribution < -0.4 is 0 Å². The van der Waals surface area contributed by atoms with Crippen LogP contribution in [0.4, 0.5) is 0 Å². The summed E-state index contributed by atoms with van der Waals surface area (Å²) in [5, 5.41) is 0. The van der Waals surface area contributed by atoms with E-state index in [-0.39, 0.29) is 5.91 Å². The number of rotatable bonds is 13. The summed E-state index contributed by atoms with van der Waals surface area (Å²) in [6, 6.07) is 0. The van der Waals surface area contributed by atoms with Gasteiger partial charge in [0, 0.05) is 18.3 Å². The Labute approximate surface area is 131 Å². The molecule has 122 valence electrons. The van der Waals surface area contributed by atoms with Crippen LogP contribution in [0.1, 0.15) is 0 Å². The molecule has 1 rings (SSSR count). The van der Waals surface area contributed by atoms with Gasteiger partial charge in [0.1, 0.15) is 6.61 Å². The standard InChI is InChI=1S/C16H23NO5/c1-3-7-19-9-11-21-13-14-22-12-10-20-8-6-17-15(2)4-5-16(17)18/h1,4-5H,2,6-14H2. The van der Waals surface area contributed by atoms with Crippen molar-refractivity contribution >= 4 is 5.91 Å². The van der Waals surface area contributed by atoms with Crippen LogP contribution >= 0.6 is 0 Å². The summed E-state index contributed by atoms with van der Waals surface area (Å²) in [5.41, 5.74) is 0.702. The Bertz CT molecular complexity index is 395. The third-order valence-electron chi connectivity index (χ3n) is 2.79. The first-order valence-corrected chi connectivity index (χ1v) is 7.18. The van der Waals surface area contributed by atoms with E-state index >= 15 is 0 Å². The van der Waals surface area contributed by atoms with Crippen LogP contribution in [0, 0.1) is 12.3 Å². The number of nitrogens with zero attached hydrogens (tertiary/aromatic N) is 1. The second-order valence-electron chi connectivity index (χ2n) is 4.41. The number of carbonyl (C=O) groups excluding carboxylic acids is 1. The first-order chi connectivity index (χ1) is 10.8. The van der Waals surface area contributed by atoms with E-state index in [1.54, 1.807) is 11.0 Å². The van der Waals surface area contributed by atoms with Crippen molar-refractivity contribution in [1.82, 2.24) is 4.90 Å². The van der Waals surface area contributed by atoms with E-state index in [1.165, 1.54) is 6.08 Å². The SMILES string of the molecule is C#CCOCCOCCOCCOCCN1C(=C)C=CC1=O. The molecular formula is C16H23NO5. The third kappa shape index (κ3) is 7.96. The number of carbonyl (C=O) groups is 1. The molecule has 1 amide bonds. The molecule has 6 nitrogen and oxygen atoms in total. The lowest BCUT2D eigenvalue weighted by molar-refractivity contribution is -0.123. The largest absolute Gasteiger partial charge is 0.377 e. The highest BCUT2D eigenvalue weighted by molar-refractivity contribution is 5.92. The Morgan fingerprint density at radius 1 is 0.955 bits per heavy atom. The Morgan fingerprint density at radius 3 is 2.00 bits per heavy atom. The maximum absolute atomic E-state index is 11.4. The number of allylic oxidation sites excluding steroid dienone is 1. The summed E-state index contributed by atoms with van der Waals surface area (Å²) < 4.78 is 21.1. The summed E-state index contributed by atoms with van der Waals surface area (Å²) >= 11 is 0. The van der Waals surface area contributed by atoms with Crippen LogP contribution in [-0.2, 0) is 23.7 Å². The minimum Gasteiger partial charge on any atom is -0.377 e. The van der Waals surface area contributed by atoms with Gasteiger partial charge < -0.3 is 23.8 Å². The molecule has 1 heterocycles. The van der Waals surface area contributed by atoms with E-state index < -0.39 is 0 Å². The molecule has 0 fully saturated rings. The van der Waals surface area contributed by atoms with Gasteiger partial charge in [-0.1, -0.05) is 12.5 Å². The molecule has 0 aliphatic carbocycles. The van der Waals surface area contributed by atoms with Gasteiger partial charge in [0.05, 0.1) is 46.2 Å². The Hall–Kier alpha value is -1.65. The van der Waals surface area contributed by atoms with Gasteiger partial charge in [-0.2, -0.15) is 0 Å². The predicted octanol–water partition coefficient (Wildman–Crippen LogP) is 0.598. The summed E-state index contributed by atoms with van der Waals surface area (Å²) in [7, 11) is 0. The molecule has 0 aromatic heterocycles. The number of hydrogen-bond acceptors (Lipinski definition) is 5. The fraction of sp³-hybridized carbons (Fsp3) is 0.562. The van der Waals surface area contributed by atoms with Gasteiger partial charge in [-0.3, -0.25) is 4.79 Å². The van der Waals surface area contributed by atoms with Gasteiger partial charge in [-0.15, -0.1) is 6.42 Å². The van der Waals surface area contributed by atoms with E-state index in [0.29, 0.717) is 65.1 Å². The molecule has 0 aromatic rings. The highest BCUT2D eigenvalue weighted by Gasteiger charge is 2.17. The molecule has 0 N–H and O–H groups in total. The Balaban J connectivity index is 1.80. The fourth-order valence-electron chi connectivity index (χ4n) is 1.69. The van der Waals surface area contributed by atoms with Crippen LogP contribution in [0.5, 0.6) is 0 Å². The van der Waals surface area contributed by atoms with Crippen LogP contribution in [0.25, 0.3) is 0 Å². The first kappa shape index (κ1) is 18.4. The van der Waals surface area contributed by atoms with Crippen LogP contribution in [0.15, 0.2) is 24.4 Å². The first-order valence-electron chi connectivity index (χ1n) is 7.18. The van der Waals surface area contributed by atoms with Crippen molar-refractivity contribution in [2.45, 2.75) is 0 Å². The molecule has 0 saturated carbocycles. The average molecular weight is 309 g/mol.